The topological polar surface area (TPSA) is 302 Å². The fraction of sp³-hybridized carbons (Fsp3) is 0.789. The quantitative estimate of drug-likeness (QED) is 0.0333. The van der Waals surface area contributed by atoms with E-state index in [4.69, 9.17) is 4.74 Å². The Hall–Kier alpha value is -5.64. The molecule has 12 atom stereocenters. The summed E-state index contributed by atoms with van der Waals surface area (Å²) >= 11 is 0. The van der Waals surface area contributed by atoms with Crippen LogP contribution in [-0.2, 0) is 47.9 Å². The van der Waals surface area contributed by atoms with Gasteiger partial charge in [-0.2, -0.15) is 0 Å². The van der Waals surface area contributed by atoms with Crippen molar-refractivity contribution in [3.05, 3.63) is 12.2 Å². The molecule has 0 bridgehead atoms. The summed E-state index contributed by atoms with van der Waals surface area (Å²) in [6.45, 7) is 29.3. The number of aliphatic hydroxyl groups is 2. The van der Waals surface area contributed by atoms with E-state index >= 15 is 0 Å². The Balaban J connectivity index is 6.63. The molecular weight excluding hydrogens is 1020 g/mol. The maximum Gasteiger partial charge on any atom is 0.407 e. The number of aliphatic hydroxyl groups excluding tert-OH is 2. The van der Waals surface area contributed by atoms with Crippen LogP contribution < -0.4 is 31.9 Å². The van der Waals surface area contributed by atoms with E-state index in [-0.39, 0.29) is 56.0 Å². The van der Waals surface area contributed by atoms with Crippen LogP contribution in [0.25, 0.3) is 0 Å². The number of ether oxygens (including phenoxy) is 1. The zero-order valence-corrected chi connectivity index (χ0v) is 51.4. The van der Waals surface area contributed by atoms with Gasteiger partial charge in [0.2, 0.25) is 47.3 Å². The Morgan fingerprint density at radius 3 is 1.41 bits per heavy atom. The van der Waals surface area contributed by atoms with Gasteiger partial charge in [0.25, 0.3) is 0 Å². The highest BCUT2D eigenvalue weighted by molar-refractivity contribution is 5.98. The van der Waals surface area contributed by atoms with Crippen molar-refractivity contribution in [2.45, 2.75) is 229 Å². The van der Waals surface area contributed by atoms with Crippen LogP contribution >= 0.6 is 0 Å². The monoisotopic (exact) mass is 1120 g/mol. The second kappa shape index (κ2) is 35.9. The zero-order chi connectivity index (χ0) is 61.3. The summed E-state index contributed by atoms with van der Waals surface area (Å²) in [6.07, 6.45) is 2.63. The predicted molar refractivity (Wildman–Crippen MR) is 303 cm³/mol. The molecule has 8 N–H and O–H groups in total. The highest BCUT2D eigenvalue weighted by atomic mass is 16.5. The zero-order valence-electron chi connectivity index (χ0n) is 51.4. The lowest BCUT2D eigenvalue weighted by atomic mass is 9.92. The third-order valence-electron chi connectivity index (χ3n) is 13.6. The van der Waals surface area contributed by atoms with Crippen molar-refractivity contribution >= 4 is 59.1 Å². The standard InChI is InChI=1S/C57H103N9O13/c1-21-23-25-36(13)48(69)46(52(73)62-45(39(16)67)40(17)68)63-53(74)47(35(11)12)66(20)56(77)41(27-31(3)4)60-51(72)44(30-34(9)10)64(18)54(75)38(15)59-49(70)37(14)58-50(71)43(29-33(7)8)65(19)55(76)42(28-32(5)6)61-57(78)79-26-24-22-2/h21,23,31-39,41-48,67,69H,22,24-30H2,1-20H3,(H,58,71)(H,59,70)(H,60,72)(H,61,78)(H,62,73)(H,63,74)/b23-21+/t36?,37-,38-,39+,41-,42-,43-,44-,45-,46?,47-,48?/m0/s1. The Kier molecular flexibility index (Phi) is 33.3. The molecule has 0 aromatic heterocycles. The molecule has 454 valence electrons. The van der Waals surface area contributed by atoms with Gasteiger partial charge in [0.05, 0.1) is 18.8 Å². The Bertz CT molecular complexity index is 2030. The van der Waals surface area contributed by atoms with Crippen molar-refractivity contribution in [2.24, 2.45) is 35.5 Å². The van der Waals surface area contributed by atoms with Crippen molar-refractivity contribution in [3.8, 4) is 0 Å². The van der Waals surface area contributed by atoms with Gasteiger partial charge in [-0.25, -0.2) is 4.79 Å². The van der Waals surface area contributed by atoms with Crippen LogP contribution in [0.5, 0.6) is 0 Å². The third kappa shape index (κ3) is 25.1. The molecule has 0 saturated heterocycles. The smallest absolute Gasteiger partial charge is 0.407 e. The normalized spacial score (nSPS) is 16.3. The molecule has 0 aromatic rings. The molecule has 0 rings (SSSR count). The van der Waals surface area contributed by atoms with Gasteiger partial charge >= 0.3 is 6.09 Å². The first-order valence-corrected chi connectivity index (χ1v) is 28.3. The van der Waals surface area contributed by atoms with Gasteiger partial charge in [0.15, 0.2) is 5.78 Å². The largest absolute Gasteiger partial charge is 0.450 e. The van der Waals surface area contributed by atoms with Crippen LogP contribution in [0.2, 0.25) is 0 Å². The van der Waals surface area contributed by atoms with E-state index in [1.807, 2.05) is 62.3 Å². The molecule has 0 aliphatic carbocycles. The lowest BCUT2D eigenvalue weighted by Crippen LogP contribution is -2.63. The number of carbonyl (C=O) groups excluding carboxylic acids is 10. The third-order valence-corrected chi connectivity index (χ3v) is 13.6. The van der Waals surface area contributed by atoms with Crippen molar-refractivity contribution < 1.29 is 62.9 Å². The van der Waals surface area contributed by atoms with Crippen molar-refractivity contribution in [3.63, 3.8) is 0 Å². The predicted octanol–water partition coefficient (Wildman–Crippen LogP) is 3.60. The summed E-state index contributed by atoms with van der Waals surface area (Å²) in [5, 5.41) is 37.6. The van der Waals surface area contributed by atoms with Crippen LogP contribution in [0.1, 0.15) is 163 Å². The second-order valence-electron chi connectivity index (χ2n) is 23.4. The molecule has 0 aromatic carbocycles. The Morgan fingerprint density at radius 1 is 0.519 bits per heavy atom. The number of likely N-dealkylation sites (N-methyl/N-ethyl adjacent to an activating group) is 3. The minimum Gasteiger partial charge on any atom is -0.450 e. The van der Waals surface area contributed by atoms with Crippen LogP contribution in [0.15, 0.2) is 12.2 Å². The first kappa shape index (κ1) is 73.4. The Labute approximate surface area is 471 Å². The molecular formula is C57H103N9O13. The van der Waals surface area contributed by atoms with E-state index in [1.165, 1.54) is 63.5 Å². The number of nitrogens with zero attached hydrogens (tertiary/aromatic N) is 3. The summed E-state index contributed by atoms with van der Waals surface area (Å²) in [4.78, 5) is 141. The summed E-state index contributed by atoms with van der Waals surface area (Å²) in [5.74, 6) is -7.63. The van der Waals surface area contributed by atoms with E-state index in [0.717, 1.165) is 6.42 Å². The van der Waals surface area contributed by atoms with E-state index in [1.54, 1.807) is 39.8 Å². The molecule has 0 saturated carbocycles. The average Bonchev–Trinajstić information content (AvgIpc) is 3.34. The molecule has 0 spiro atoms. The average molecular weight is 1120 g/mol. The number of rotatable bonds is 35. The van der Waals surface area contributed by atoms with Gasteiger partial charge in [-0.1, -0.05) is 102 Å². The molecule has 9 amide bonds. The molecule has 0 radical (unpaired) electrons. The van der Waals surface area contributed by atoms with Crippen LogP contribution in [0.3, 0.4) is 0 Å². The lowest BCUT2D eigenvalue weighted by Gasteiger charge is -2.36. The number of amides is 9. The summed E-state index contributed by atoms with van der Waals surface area (Å²) in [7, 11) is 4.26. The van der Waals surface area contributed by atoms with Gasteiger partial charge < -0.3 is 61.6 Å². The number of allylic oxidation sites excluding steroid dienone is 2. The molecule has 0 fully saturated rings. The molecule has 79 heavy (non-hydrogen) atoms. The number of unbranched alkanes of at least 4 members (excludes halogenated alkanes) is 1. The Morgan fingerprint density at radius 2 is 0.962 bits per heavy atom. The first-order chi connectivity index (χ1) is 36.5. The van der Waals surface area contributed by atoms with Crippen LogP contribution in [-0.4, -0.2) is 178 Å². The van der Waals surface area contributed by atoms with Gasteiger partial charge in [-0.3, -0.25) is 43.2 Å². The van der Waals surface area contributed by atoms with E-state index in [2.05, 4.69) is 31.9 Å². The second-order valence-corrected chi connectivity index (χ2v) is 23.4. The van der Waals surface area contributed by atoms with Gasteiger partial charge in [-0.15, -0.1) is 0 Å². The number of hydrogen-bond acceptors (Lipinski definition) is 13. The minimum atomic E-state index is -1.61. The molecule has 22 heteroatoms. The van der Waals surface area contributed by atoms with Gasteiger partial charge in [0, 0.05) is 21.1 Å². The van der Waals surface area contributed by atoms with E-state index in [0.29, 0.717) is 12.8 Å². The summed E-state index contributed by atoms with van der Waals surface area (Å²) < 4.78 is 5.25. The van der Waals surface area contributed by atoms with Crippen molar-refractivity contribution in [1.82, 2.24) is 46.6 Å². The minimum absolute atomic E-state index is 0.00301. The number of carbonyl (C=O) groups is 10. The molecule has 0 aliphatic rings. The molecule has 22 nitrogen and oxygen atoms in total. The molecule has 3 unspecified atom stereocenters. The lowest BCUT2D eigenvalue weighted by molar-refractivity contribution is -0.147. The first-order valence-electron chi connectivity index (χ1n) is 28.3. The number of hydrogen-bond donors (Lipinski definition) is 8. The van der Waals surface area contributed by atoms with E-state index < -0.39 is 138 Å². The van der Waals surface area contributed by atoms with Crippen LogP contribution in [0.4, 0.5) is 4.79 Å². The number of ketones is 1. The summed E-state index contributed by atoms with van der Waals surface area (Å²) in [6, 6.07) is -11.0. The molecule has 0 heterocycles. The van der Waals surface area contributed by atoms with Gasteiger partial charge in [0.1, 0.15) is 54.4 Å². The number of Topliss-reactive ketones (excluding diaryl/α,β-unsaturated/α-hetero) is 1. The van der Waals surface area contributed by atoms with Crippen molar-refractivity contribution in [2.75, 3.05) is 27.7 Å². The SMILES string of the molecule is C/C=C/CC(C)C(O)C(NC(=O)[C@H](C(C)C)N(C)C(=O)[C@H](CC(C)C)NC(=O)[C@H](CC(C)C)N(C)C(=O)[C@H](C)NC(=O)[C@H](C)NC(=O)[C@H](CC(C)C)N(C)C(=O)[C@H](CC(C)C)NC(=O)OCCCC)C(=O)N[C@H](C(C)=O)[C@@H](C)O. The number of nitrogens with one attached hydrogen (secondary N) is 6. The fourth-order valence-corrected chi connectivity index (χ4v) is 9.03. The highest BCUT2D eigenvalue weighted by Gasteiger charge is 2.41. The maximum absolute atomic E-state index is 14.6. The van der Waals surface area contributed by atoms with Crippen LogP contribution in [0, 0.1) is 35.5 Å². The maximum atomic E-state index is 14.6. The number of alkyl carbamates (subject to hydrolysis) is 1. The van der Waals surface area contributed by atoms with E-state index in [9.17, 15) is 58.2 Å². The highest BCUT2D eigenvalue weighted by Crippen LogP contribution is 2.21. The fourth-order valence-electron chi connectivity index (χ4n) is 9.03. The van der Waals surface area contributed by atoms with Crippen molar-refractivity contribution in [1.29, 1.82) is 0 Å². The van der Waals surface area contributed by atoms with Gasteiger partial charge in [-0.05, 0) is 109 Å². The summed E-state index contributed by atoms with van der Waals surface area (Å²) in [5.41, 5.74) is 0. The molecule has 0 aliphatic heterocycles.